The van der Waals surface area contributed by atoms with Gasteiger partial charge in [-0.3, -0.25) is 4.79 Å². The first-order valence-corrected chi connectivity index (χ1v) is 9.08. The summed E-state index contributed by atoms with van der Waals surface area (Å²) in [7, 11) is 0. The highest BCUT2D eigenvalue weighted by Crippen LogP contribution is 2.36. The van der Waals surface area contributed by atoms with E-state index in [1.165, 1.54) is 18.2 Å². The van der Waals surface area contributed by atoms with Crippen molar-refractivity contribution in [3.8, 4) is 0 Å². The Morgan fingerprint density at radius 3 is 2.62 bits per heavy atom. The minimum atomic E-state index is -0.648. The zero-order chi connectivity index (χ0) is 17.1. The molecule has 3 rings (SSSR count). The van der Waals surface area contributed by atoms with Crippen LogP contribution in [0.1, 0.15) is 35.4 Å². The van der Waals surface area contributed by atoms with Crippen molar-refractivity contribution in [1.82, 2.24) is 4.90 Å². The van der Waals surface area contributed by atoms with Crippen molar-refractivity contribution in [3.63, 3.8) is 0 Å². The van der Waals surface area contributed by atoms with E-state index in [1.54, 1.807) is 4.90 Å². The highest BCUT2D eigenvalue weighted by atomic mass is 35.5. The van der Waals surface area contributed by atoms with Gasteiger partial charge >= 0.3 is 5.97 Å². The van der Waals surface area contributed by atoms with Crippen LogP contribution < -0.4 is 0 Å². The smallest absolute Gasteiger partial charge is 0.350 e. The fourth-order valence-electron chi connectivity index (χ4n) is 2.77. The summed E-state index contributed by atoms with van der Waals surface area (Å²) in [5, 5.41) is 0.844. The van der Waals surface area contributed by atoms with Gasteiger partial charge < -0.3 is 9.64 Å². The average Bonchev–Trinajstić information content (AvgIpc) is 2.76. The zero-order valence-electron chi connectivity index (χ0n) is 13.0. The number of esters is 1. The summed E-state index contributed by atoms with van der Waals surface area (Å²) in [6.45, 7) is 1.12. The molecule has 7 heteroatoms. The van der Waals surface area contributed by atoms with Crippen molar-refractivity contribution < 1.29 is 18.7 Å². The van der Waals surface area contributed by atoms with Crippen molar-refractivity contribution in [3.05, 3.63) is 33.9 Å². The van der Waals surface area contributed by atoms with Gasteiger partial charge in [0, 0.05) is 23.2 Å². The quantitative estimate of drug-likeness (QED) is 0.760. The molecule has 1 saturated heterocycles. The fourth-order valence-corrected chi connectivity index (χ4v) is 4.20. The molecule has 4 nitrogen and oxygen atoms in total. The molecule has 1 fully saturated rings. The highest BCUT2D eigenvalue weighted by molar-refractivity contribution is 7.21. The van der Waals surface area contributed by atoms with Crippen LogP contribution in [0, 0.1) is 5.82 Å². The molecule has 1 aromatic heterocycles. The second-order valence-corrected chi connectivity index (χ2v) is 7.19. The predicted molar refractivity (Wildman–Crippen MR) is 92.1 cm³/mol. The number of nitrogens with zero attached hydrogens (tertiary/aromatic N) is 1. The van der Waals surface area contributed by atoms with Crippen LogP contribution in [0.2, 0.25) is 5.02 Å². The first kappa shape index (κ1) is 17.2. The third kappa shape index (κ3) is 3.70. The van der Waals surface area contributed by atoms with Gasteiger partial charge in [-0.15, -0.1) is 11.3 Å². The Kier molecular flexibility index (Phi) is 5.36. The molecule has 1 aliphatic rings. The molecule has 0 saturated carbocycles. The average molecular weight is 370 g/mol. The van der Waals surface area contributed by atoms with Crippen molar-refractivity contribution in [1.29, 1.82) is 0 Å². The number of amides is 1. The number of hydrogen-bond donors (Lipinski definition) is 0. The standard InChI is InChI=1S/C17H17ClFNO3S/c18-15-12-6-5-11(19)9-13(12)24-16(15)17(22)23-10-14(21)20-7-3-1-2-4-8-20/h5-6,9H,1-4,7-8,10H2. The van der Waals surface area contributed by atoms with E-state index in [9.17, 15) is 14.0 Å². The Bertz CT molecular complexity index is 769. The number of carbonyl (C=O) groups is 2. The van der Waals surface area contributed by atoms with Gasteiger partial charge in [0.15, 0.2) is 6.61 Å². The van der Waals surface area contributed by atoms with Gasteiger partial charge in [0.05, 0.1) is 5.02 Å². The van der Waals surface area contributed by atoms with E-state index < -0.39 is 11.8 Å². The second kappa shape index (κ2) is 7.49. The topological polar surface area (TPSA) is 46.6 Å². The van der Waals surface area contributed by atoms with Crippen LogP contribution in [0.15, 0.2) is 18.2 Å². The monoisotopic (exact) mass is 369 g/mol. The maximum absolute atomic E-state index is 13.3. The zero-order valence-corrected chi connectivity index (χ0v) is 14.6. The van der Waals surface area contributed by atoms with E-state index in [2.05, 4.69) is 0 Å². The summed E-state index contributed by atoms with van der Waals surface area (Å²) >= 11 is 7.25. The van der Waals surface area contributed by atoms with E-state index in [4.69, 9.17) is 16.3 Å². The first-order valence-electron chi connectivity index (χ1n) is 7.88. The number of thiophene rings is 1. The lowest BCUT2D eigenvalue weighted by Crippen LogP contribution is -2.35. The number of fused-ring (bicyclic) bond motifs is 1. The molecular weight excluding hydrogens is 353 g/mol. The maximum atomic E-state index is 13.3. The van der Waals surface area contributed by atoms with Crippen LogP contribution in [-0.2, 0) is 9.53 Å². The summed E-state index contributed by atoms with van der Waals surface area (Å²) in [5.74, 6) is -1.23. The van der Waals surface area contributed by atoms with Gasteiger partial charge in [-0.05, 0) is 31.0 Å². The highest BCUT2D eigenvalue weighted by Gasteiger charge is 2.22. The van der Waals surface area contributed by atoms with Crippen LogP contribution in [0.5, 0.6) is 0 Å². The molecule has 2 aromatic rings. The van der Waals surface area contributed by atoms with E-state index in [1.807, 2.05) is 0 Å². The molecule has 1 aromatic carbocycles. The number of halogens is 2. The predicted octanol–water partition coefficient (Wildman–Crippen LogP) is 4.25. The van der Waals surface area contributed by atoms with Crippen molar-refractivity contribution in [2.75, 3.05) is 19.7 Å². The molecule has 0 unspecified atom stereocenters. The van der Waals surface area contributed by atoms with E-state index in [0.29, 0.717) is 23.2 Å². The summed E-state index contributed by atoms with van der Waals surface area (Å²) in [5.41, 5.74) is 0. The number of carbonyl (C=O) groups excluding carboxylic acids is 2. The number of hydrogen-bond acceptors (Lipinski definition) is 4. The third-order valence-electron chi connectivity index (χ3n) is 4.06. The number of benzene rings is 1. The largest absolute Gasteiger partial charge is 0.451 e. The Hall–Kier alpha value is -1.66. The molecule has 0 radical (unpaired) electrons. The molecule has 1 amide bonds. The van der Waals surface area contributed by atoms with Crippen molar-refractivity contribution in [2.24, 2.45) is 0 Å². The van der Waals surface area contributed by atoms with Gasteiger partial charge in [0.25, 0.3) is 5.91 Å². The Balaban J connectivity index is 1.66. The van der Waals surface area contributed by atoms with Crippen molar-refractivity contribution >= 4 is 44.9 Å². The van der Waals surface area contributed by atoms with Crippen LogP contribution in [0.25, 0.3) is 10.1 Å². The molecule has 0 N–H and O–H groups in total. The molecule has 0 atom stereocenters. The number of rotatable bonds is 3. The van der Waals surface area contributed by atoms with Gasteiger partial charge in [-0.2, -0.15) is 0 Å². The molecule has 1 aliphatic heterocycles. The SMILES string of the molecule is O=C(OCC(=O)N1CCCCCC1)c1sc2cc(F)ccc2c1Cl. The third-order valence-corrected chi connectivity index (χ3v) is 5.70. The van der Waals surface area contributed by atoms with Crippen molar-refractivity contribution in [2.45, 2.75) is 25.7 Å². The van der Waals surface area contributed by atoms with Crippen LogP contribution in [0.3, 0.4) is 0 Å². The number of likely N-dealkylation sites (tertiary alicyclic amines) is 1. The van der Waals surface area contributed by atoms with E-state index >= 15 is 0 Å². The summed E-state index contributed by atoms with van der Waals surface area (Å²) in [6, 6.07) is 4.15. The number of ether oxygens (including phenoxy) is 1. The lowest BCUT2D eigenvalue weighted by molar-refractivity contribution is -0.134. The van der Waals surface area contributed by atoms with E-state index in [0.717, 1.165) is 37.0 Å². The fraction of sp³-hybridized carbons (Fsp3) is 0.412. The lowest BCUT2D eigenvalue weighted by Gasteiger charge is -2.19. The van der Waals surface area contributed by atoms with E-state index in [-0.39, 0.29) is 22.4 Å². The molecule has 0 spiro atoms. The Labute approximate surface area is 148 Å². The summed E-state index contributed by atoms with van der Waals surface area (Å²) < 4.78 is 19.0. The van der Waals surface area contributed by atoms with Gasteiger partial charge in [0.2, 0.25) is 0 Å². The normalized spacial score (nSPS) is 15.3. The molecule has 2 heterocycles. The molecule has 0 aliphatic carbocycles. The molecule has 0 bridgehead atoms. The minimum absolute atomic E-state index is 0.187. The maximum Gasteiger partial charge on any atom is 0.350 e. The summed E-state index contributed by atoms with van der Waals surface area (Å²) in [6.07, 6.45) is 4.20. The van der Waals surface area contributed by atoms with Gasteiger partial charge in [-0.1, -0.05) is 24.4 Å². The second-order valence-electron chi connectivity index (χ2n) is 5.76. The van der Waals surface area contributed by atoms with Crippen LogP contribution in [-0.4, -0.2) is 36.5 Å². The Morgan fingerprint density at radius 1 is 1.21 bits per heavy atom. The summed E-state index contributed by atoms with van der Waals surface area (Å²) in [4.78, 5) is 26.3. The van der Waals surface area contributed by atoms with Crippen LogP contribution >= 0.6 is 22.9 Å². The van der Waals surface area contributed by atoms with Gasteiger partial charge in [0.1, 0.15) is 10.7 Å². The molecule has 24 heavy (non-hydrogen) atoms. The van der Waals surface area contributed by atoms with Gasteiger partial charge in [-0.25, -0.2) is 9.18 Å². The first-order chi connectivity index (χ1) is 11.6. The lowest BCUT2D eigenvalue weighted by atomic mass is 10.2. The Morgan fingerprint density at radius 2 is 1.92 bits per heavy atom. The molecule has 128 valence electrons. The minimum Gasteiger partial charge on any atom is -0.451 e. The van der Waals surface area contributed by atoms with Crippen LogP contribution in [0.4, 0.5) is 4.39 Å². The molecular formula is C17H17ClFNO3S.